The quantitative estimate of drug-likeness (QED) is 0.782. The highest BCUT2D eigenvalue weighted by Crippen LogP contribution is 2.31. The molecule has 2 fully saturated rings. The van der Waals surface area contributed by atoms with Crippen LogP contribution in [0.2, 0.25) is 0 Å². The molecular formula is C22H37N5. The average Bonchev–Trinajstić information content (AvgIpc) is 3.11. The lowest BCUT2D eigenvalue weighted by molar-refractivity contribution is 0.360. The Labute approximate surface area is 164 Å². The van der Waals surface area contributed by atoms with Crippen LogP contribution >= 0.6 is 0 Å². The first-order valence-corrected chi connectivity index (χ1v) is 11.4. The Balaban J connectivity index is 1.63. The molecule has 1 aromatic rings. The summed E-state index contributed by atoms with van der Waals surface area (Å²) in [5, 5.41) is 7.24. The van der Waals surface area contributed by atoms with Crippen LogP contribution in [-0.2, 0) is 12.8 Å². The molecule has 5 nitrogen and oxygen atoms in total. The minimum Gasteiger partial charge on any atom is -0.356 e. The fourth-order valence-electron chi connectivity index (χ4n) is 5.17. The summed E-state index contributed by atoms with van der Waals surface area (Å²) in [4.78, 5) is 12.7. The van der Waals surface area contributed by atoms with Crippen molar-refractivity contribution in [1.29, 1.82) is 0 Å². The van der Waals surface area contributed by atoms with E-state index in [0.29, 0.717) is 12.1 Å². The van der Waals surface area contributed by atoms with Crippen LogP contribution in [0.3, 0.4) is 0 Å². The van der Waals surface area contributed by atoms with Crippen molar-refractivity contribution in [3.8, 4) is 0 Å². The van der Waals surface area contributed by atoms with Crippen molar-refractivity contribution in [2.45, 2.75) is 95.6 Å². The van der Waals surface area contributed by atoms with Gasteiger partial charge in [0, 0.05) is 30.7 Å². The van der Waals surface area contributed by atoms with Crippen molar-refractivity contribution in [1.82, 2.24) is 15.3 Å². The lowest BCUT2D eigenvalue weighted by Gasteiger charge is -2.32. The third kappa shape index (κ3) is 4.56. The third-order valence-electron chi connectivity index (χ3n) is 6.77. The highest BCUT2D eigenvalue weighted by atomic mass is 15.2. The van der Waals surface area contributed by atoms with Gasteiger partial charge in [-0.05, 0) is 58.4 Å². The Morgan fingerprint density at radius 1 is 0.778 bits per heavy atom. The molecule has 27 heavy (non-hydrogen) atoms. The SMILES string of the molecule is CNC1CCCCC1Nc1nc2c(c(N3CCCCCC3)n1)CCCCC2. The molecule has 1 saturated heterocycles. The molecule has 2 aliphatic carbocycles. The molecule has 150 valence electrons. The summed E-state index contributed by atoms with van der Waals surface area (Å²) >= 11 is 0. The Morgan fingerprint density at radius 3 is 2.26 bits per heavy atom. The van der Waals surface area contributed by atoms with Crippen molar-refractivity contribution >= 4 is 11.8 Å². The number of hydrogen-bond donors (Lipinski definition) is 2. The molecule has 1 saturated carbocycles. The molecular weight excluding hydrogens is 334 g/mol. The van der Waals surface area contributed by atoms with Crippen LogP contribution < -0.4 is 15.5 Å². The molecule has 3 aliphatic rings. The largest absolute Gasteiger partial charge is 0.356 e. The topological polar surface area (TPSA) is 53.1 Å². The van der Waals surface area contributed by atoms with Crippen LogP contribution in [0.25, 0.3) is 0 Å². The summed E-state index contributed by atoms with van der Waals surface area (Å²) < 4.78 is 0. The zero-order chi connectivity index (χ0) is 18.5. The van der Waals surface area contributed by atoms with E-state index in [2.05, 4.69) is 22.6 Å². The molecule has 5 heteroatoms. The standard InChI is InChI=1S/C22H37N5/c1-23-19-13-7-8-14-20(19)25-22-24-18-12-6-4-5-11-17(18)21(26-22)27-15-9-2-3-10-16-27/h19-20,23H,2-16H2,1H3,(H,24,25,26). The molecule has 0 spiro atoms. The Bertz CT molecular complexity index is 609. The van der Waals surface area contributed by atoms with Gasteiger partial charge in [0.05, 0.1) is 5.69 Å². The molecule has 2 heterocycles. The average molecular weight is 372 g/mol. The van der Waals surface area contributed by atoms with E-state index in [4.69, 9.17) is 9.97 Å². The van der Waals surface area contributed by atoms with Gasteiger partial charge in [-0.2, -0.15) is 4.98 Å². The highest BCUT2D eigenvalue weighted by Gasteiger charge is 2.26. The van der Waals surface area contributed by atoms with Crippen LogP contribution in [0, 0.1) is 0 Å². The normalized spacial score (nSPS) is 26.8. The van der Waals surface area contributed by atoms with E-state index in [-0.39, 0.29) is 0 Å². The first kappa shape index (κ1) is 19.0. The van der Waals surface area contributed by atoms with Crippen molar-refractivity contribution < 1.29 is 0 Å². The van der Waals surface area contributed by atoms with Crippen molar-refractivity contribution in [3.05, 3.63) is 11.3 Å². The first-order valence-electron chi connectivity index (χ1n) is 11.4. The fourth-order valence-corrected chi connectivity index (χ4v) is 5.17. The summed E-state index contributed by atoms with van der Waals surface area (Å²) in [6.07, 6.45) is 16.6. The summed E-state index contributed by atoms with van der Waals surface area (Å²) in [7, 11) is 2.09. The number of nitrogens with one attached hydrogen (secondary N) is 2. The molecule has 2 N–H and O–H groups in total. The van der Waals surface area contributed by atoms with Gasteiger partial charge in [0.1, 0.15) is 5.82 Å². The van der Waals surface area contributed by atoms with Crippen molar-refractivity contribution in [3.63, 3.8) is 0 Å². The zero-order valence-corrected chi connectivity index (χ0v) is 17.1. The van der Waals surface area contributed by atoms with Crippen molar-refractivity contribution in [2.75, 3.05) is 30.4 Å². The number of aryl methyl sites for hydroxylation is 1. The molecule has 0 radical (unpaired) electrons. The van der Waals surface area contributed by atoms with E-state index >= 15 is 0 Å². The second kappa shape index (κ2) is 9.22. The Morgan fingerprint density at radius 2 is 1.48 bits per heavy atom. The summed E-state index contributed by atoms with van der Waals surface area (Å²) in [5.41, 5.74) is 2.77. The van der Waals surface area contributed by atoms with E-state index in [0.717, 1.165) is 31.9 Å². The predicted octanol–water partition coefficient (Wildman–Crippen LogP) is 4.07. The second-order valence-electron chi connectivity index (χ2n) is 8.69. The molecule has 4 rings (SSSR count). The van der Waals surface area contributed by atoms with Gasteiger partial charge in [0.25, 0.3) is 0 Å². The van der Waals surface area contributed by atoms with Crippen LogP contribution in [0.4, 0.5) is 11.8 Å². The van der Waals surface area contributed by atoms with Crippen LogP contribution in [0.1, 0.15) is 81.9 Å². The monoisotopic (exact) mass is 371 g/mol. The van der Waals surface area contributed by atoms with Gasteiger partial charge >= 0.3 is 0 Å². The lowest BCUT2D eigenvalue weighted by atomic mass is 9.90. The van der Waals surface area contributed by atoms with E-state index in [1.807, 2.05) is 0 Å². The maximum Gasteiger partial charge on any atom is 0.225 e. The third-order valence-corrected chi connectivity index (χ3v) is 6.77. The number of likely N-dealkylation sites (N-methyl/N-ethyl adjacent to an activating group) is 1. The van der Waals surface area contributed by atoms with Gasteiger partial charge in [0.15, 0.2) is 0 Å². The number of aromatic nitrogens is 2. The minimum atomic E-state index is 0.449. The first-order chi connectivity index (χ1) is 13.3. The second-order valence-corrected chi connectivity index (χ2v) is 8.69. The molecule has 1 aliphatic heterocycles. The summed E-state index contributed by atoms with van der Waals surface area (Å²) in [6, 6.07) is 0.979. The lowest BCUT2D eigenvalue weighted by Crippen LogP contribution is -2.45. The zero-order valence-electron chi connectivity index (χ0n) is 17.1. The fraction of sp³-hybridized carbons (Fsp3) is 0.818. The maximum atomic E-state index is 5.13. The van der Waals surface area contributed by atoms with E-state index < -0.39 is 0 Å². The molecule has 0 aromatic carbocycles. The van der Waals surface area contributed by atoms with Gasteiger partial charge < -0.3 is 15.5 Å². The van der Waals surface area contributed by atoms with Gasteiger partial charge in [-0.25, -0.2) is 4.98 Å². The molecule has 2 unspecified atom stereocenters. The van der Waals surface area contributed by atoms with Gasteiger partial charge in [-0.3, -0.25) is 0 Å². The summed E-state index contributed by atoms with van der Waals surface area (Å²) in [6.45, 7) is 2.32. The van der Waals surface area contributed by atoms with E-state index in [1.54, 1.807) is 0 Å². The smallest absolute Gasteiger partial charge is 0.225 e. The van der Waals surface area contributed by atoms with Crippen LogP contribution in [0.5, 0.6) is 0 Å². The van der Waals surface area contributed by atoms with Crippen molar-refractivity contribution in [2.24, 2.45) is 0 Å². The minimum absolute atomic E-state index is 0.449. The molecule has 1 aromatic heterocycles. The number of hydrogen-bond acceptors (Lipinski definition) is 5. The Hall–Kier alpha value is -1.36. The Kier molecular flexibility index (Phi) is 6.48. The molecule has 2 atom stereocenters. The van der Waals surface area contributed by atoms with Gasteiger partial charge in [-0.1, -0.05) is 32.1 Å². The van der Waals surface area contributed by atoms with Gasteiger partial charge in [-0.15, -0.1) is 0 Å². The number of rotatable bonds is 4. The highest BCUT2D eigenvalue weighted by molar-refractivity contribution is 5.53. The number of anilines is 2. The summed E-state index contributed by atoms with van der Waals surface area (Å²) in [5.74, 6) is 2.13. The van der Waals surface area contributed by atoms with E-state index in [9.17, 15) is 0 Å². The number of nitrogens with zero attached hydrogens (tertiary/aromatic N) is 3. The van der Waals surface area contributed by atoms with Crippen LogP contribution in [0.15, 0.2) is 0 Å². The van der Waals surface area contributed by atoms with Gasteiger partial charge in [0.2, 0.25) is 5.95 Å². The maximum absolute atomic E-state index is 5.13. The molecule has 0 amide bonds. The van der Waals surface area contributed by atoms with E-state index in [1.165, 1.54) is 87.7 Å². The van der Waals surface area contributed by atoms with Crippen LogP contribution in [-0.4, -0.2) is 42.2 Å². The molecule has 0 bridgehead atoms. The number of fused-ring (bicyclic) bond motifs is 1. The predicted molar refractivity (Wildman–Crippen MR) is 113 cm³/mol.